The molecular weight excluding hydrogens is 366 g/mol. The highest BCUT2D eigenvalue weighted by atomic mass is 15.1. The van der Waals surface area contributed by atoms with E-state index in [4.69, 9.17) is 5.73 Å². The molecule has 0 aromatic rings. The fraction of sp³-hybridized carbons (Fsp3) is 0.963. The normalized spacial score (nSPS) is 13.1. The molecule has 0 aromatic heterocycles. The molecule has 30 heavy (non-hydrogen) atoms. The summed E-state index contributed by atoms with van der Waals surface area (Å²) in [4.78, 5) is 4.47. The molecule has 0 aliphatic rings. The van der Waals surface area contributed by atoms with E-state index in [1.54, 1.807) is 0 Å². The third-order valence-corrected chi connectivity index (χ3v) is 5.78. The first-order valence-corrected chi connectivity index (χ1v) is 13.1. The summed E-state index contributed by atoms with van der Waals surface area (Å²) in [6.07, 6.45) is 21.4. The fourth-order valence-corrected chi connectivity index (χ4v) is 3.79. The van der Waals surface area contributed by atoms with Gasteiger partial charge < -0.3 is 11.1 Å². The number of hydrogen-bond donors (Lipinski definition) is 2. The standard InChI is InChI=1S/C27H57N3/c1-26(2,3)21-17-13-9-7-11-15-19-23-29-25(28)30-24-20-16-12-8-10-14-18-22-27(4,5)6/h7-24H2,1-6H3,(H3,28,29,30). The Hall–Kier alpha value is -0.730. The van der Waals surface area contributed by atoms with Gasteiger partial charge in [-0.1, -0.05) is 119 Å². The first-order valence-electron chi connectivity index (χ1n) is 13.1. The van der Waals surface area contributed by atoms with Crippen molar-refractivity contribution in [3.63, 3.8) is 0 Å². The molecule has 0 atom stereocenters. The SMILES string of the molecule is CC(C)(C)CCCCCCCCCN=C(N)NCCCCCCCCCC(C)(C)C. The highest BCUT2D eigenvalue weighted by Gasteiger charge is 2.09. The number of nitrogens with one attached hydrogen (secondary N) is 1. The molecule has 0 aromatic carbocycles. The number of rotatable bonds is 18. The number of aliphatic imine (C=N–C) groups is 1. The van der Waals surface area contributed by atoms with Crippen LogP contribution in [0.25, 0.3) is 0 Å². The van der Waals surface area contributed by atoms with Crippen molar-refractivity contribution >= 4 is 5.96 Å². The highest BCUT2D eigenvalue weighted by molar-refractivity contribution is 5.77. The number of nitrogens with two attached hydrogens (primary N) is 1. The van der Waals surface area contributed by atoms with Gasteiger partial charge in [0.1, 0.15) is 0 Å². The van der Waals surface area contributed by atoms with Crippen LogP contribution in [-0.4, -0.2) is 19.0 Å². The number of guanidine groups is 1. The summed E-state index contributed by atoms with van der Waals surface area (Å²) in [5, 5.41) is 3.28. The average Bonchev–Trinajstić information content (AvgIpc) is 2.63. The lowest BCUT2D eigenvalue weighted by Crippen LogP contribution is -2.32. The third kappa shape index (κ3) is 25.3. The second-order valence-corrected chi connectivity index (χ2v) is 11.8. The molecule has 0 aliphatic heterocycles. The third-order valence-electron chi connectivity index (χ3n) is 5.78. The maximum Gasteiger partial charge on any atom is 0.188 e. The quantitative estimate of drug-likeness (QED) is 0.132. The molecule has 0 unspecified atom stereocenters. The molecule has 0 aliphatic carbocycles. The van der Waals surface area contributed by atoms with Gasteiger partial charge in [-0.15, -0.1) is 0 Å². The molecule has 3 nitrogen and oxygen atoms in total. The highest BCUT2D eigenvalue weighted by Crippen LogP contribution is 2.23. The summed E-state index contributed by atoms with van der Waals surface area (Å²) in [5.41, 5.74) is 6.97. The van der Waals surface area contributed by atoms with E-state index in [2.05, 4.69) is 51.9 Å². The molecule has 0 fully saturated rings. The van der Waals surface area contributed by atoms with Gasteiger partial charge in [0.25, 0.3) is 0 Å². The predicted molar refractivity (Wildman–Crippen MR) is 137 cm³/mol. The largest absolute Gasteiger partial charge is 0.370 e. The molecule has 0 bridgehead atoms. The van der Waals surface area contributed by atoms with Gasteiger partial charge in [0.2, 0.25) is 0 Å². The van der Waals surface area contributed by atoms with Crippen molar-refractivity contribution in [2.24, 2.45) is 21.6 Å². The van der Waals surface area contributed by atoms with Crippen LogP contribution in [0.15, 0.2) is 4.99 Å². The van der Waals surface area contributed by atoms with E-state index < -0.39 is 0 Å². The second-order valence-electron chi connectivity index (χ2n) is 11.8. The van der Waals surface area contributed by atoms with Gasteiger partial charge in [-0.3, -0.25) is 4.99 Å². The van der Waals surface area contributed by atoms with Gasteiger partial charge in [-0.2, -0.15) is 0 Å². The summed E-state index contributed by atoms with van der Waals surface area (Å²) in [5.74, 6) is 0.638. The summed E-state index contributed by atoms with van der Waals surface area (Å²) in [6.45, 7) is 15.9. The van der Waals surface area contributed by atoms with Gasteiger partial charge >= 0.3 is 0 Å². The minimum Gasteiger partial charge on any atom is -0.370 e. The van der Waals surface area contributed by atoms with Crippen molar-refractivity contribution in [2.45, 2.75) is 144 Å². The van der Waals surface area contributed by atoms with Crippen molar-refractivity contribution in [3.8, 4) is 0 Å². The minimum atomic E-state index is 0.498. The van der Waals surface area contributed by atoms with Crippen LogP contribution < -0.4 is 11.1 Å². The van der Waals surface area contributed by atoms with E-state index in [0.29, 0.717) is 16.8 Å². The van der Waals surface area contributed by atoms with Crippen molar-refractivity contribution in [1.29, 1.82) is 0 Å². The zero-order valence-corrected chi connectivity index (χ0v) is 21.8. The van der Waals surface area contributed by atoms with E-state index in [0.717, 1.165) is 13.1 Å². The molecule has 180 valence electrons. The van der Waals surface area contributed by atoms with Gasteiger partial charge in [0.15, 0.2) is 5.96 Å². The lowest BCUT2D eigenvalue weighted by Gasteiger charge is -2.17. The van der Waals surface area contributed by atoms with Gasteiger partial charge in [0.05, 0.1) is 0 Å². The van der Waals surface area contributed by atoms with Crippen LogP contribution in [0, 0.1) is 10.8 Å². The Morgan fingerprint density at radius 1 is 0.567 bits per heavy atom. The Kier molecular flexibility index (Phi) is 17.5. The van der Waals surface area contributed by atoms with Crippen LogP contribution in [0.4, 0.5) is 0 Å². The Balaban J connectivity index is 3.33. The first kappa shape index (κ1) is 29.3. The maximum atomic E-state index is 5.97. The van der Waals surface area contributed by atoms with Crippen molar-refractivity contribution in [2.75, 3.05) is 13.1 Å². The van der Waals surface area contributed by atoms with Crippen molar-refractivity contribution < 1.29 is 0 Å². The van der Waals surface area contributed by atoms with Gasteiger partial charge in [-0.25, -0.2) is 0 Å². The van der Waals surface area contributed by atoms with E-state index in [9.17, 15) is 0 Å². The molecule has 0 saturated carbocycles. The van der Waals surface area contributed by atoms with Crippen molar-refractivity contribution in [1.82, 2.24) is 5.32 Å². The van der Waals surface area contributed by atoms with Gasteiger partial charge in [-0.05, 0) is 36.5 Å². The number of hydrogen-bond acceptors (Lipinski definition) is 1. The van der Waals surface area contributed by atoms with Crippen LogP contribution in [0.5, 0.6) is 0 Å². The van der Waals surface area contributed by atoms with Crippen LogP contribution in [0.3, 0.4) is 0 Å². The second kappa shape index (κ2) is 17.9. The van der Waals surface area contributed by atoms with Gasteiger partial charge in [0, 0.05) is 13.1 Å². The fourth-order valence-electron chi connectivity index (χ4n) is 3.79. The van der Waals surface area contributed by atoms with E-state index >= 15 is 0 Å². The average molecular weight is 424 g/mol. The Morgan fingerprint density at radius 2 is 0.933 bits per heavy atom. The van der Waals surface area contributed by atoms with Crippen LogP contribution >= 0.6 is 0 Å². The lowest BCUT2D eigenvalue weighted by molar-refractivity contribution is 0.356. The molecule has 3 N–H and O–H groups in total. The summed E-state index contributed by atoms with van der Waals surface area (Å²) in [6, 6.07) is 0. The Morgan fingerprint density at radius 3 is 1.37 bits per heavy atom. The monoisotopic (exact) mass is 423 g/mol. The molecule has 0 rings (SSSR count). The molecule has 0 radical (unpaired) electrons. The van der Waals surface area contributed by atoms with Crippen LogP contribution in [0.2, 0.25) is 0 Å². The summed E-state index contributed by atoms with van der Waals surface area (Å²) in [7, 11) is 0. The zero-order valence-electron chi connectivity index (χ0n) is 21.8. The molecular formula is C27H57N3. The van der Waals surface area contributed by atoms with E-state index in [-0.39, 0.29) is 0 Å². The lowest BCUT2D eigenvalue weighted by atomic mass is 9.89. The molecule has 0 saturated heterocycles. The Bertz CT molecular complexity index is 401. The van der Waals surface area contributed by atoms with Crippen LogP contribution in [0.1, 0.15) is 144 Å². The van der Waals surface area contributed by atoms with E-state index in [1.807, 2.05) is 0 Å². The minimum absolute atomic E-state index is 0.498. The van der Waals surface area contributed by atoms with Crippen molar-refractivity contribution in [3.05, 3.63) is 0 Å². The first-order chi connectivity index (χ1) is 14.1. The topological polar surface area (TPSA) is 50.4 Å². The molecule has 0 spiro atoms. The summed E-state index contributed by atoms with van der Waals surface area (Å²) < 4.78 is 0. The number of nitrogens with zero attached hydrogens (tertiary/aromatic N) is 1. The van der Waals surface area contributed by atoms with E-state index in [1.165, 1.54) is 103 Å². The maximum absolute atomic E-state index is 5.97. The summed E-state index contributed by atoms with van der Waals surface area (Å²) >= 11 is 0. The smallest absolute Gasteiger partial charge is 0.188 e. The Labute approximate surface area is 190 Å². The zero-order chi connectivity index (χ0) is 22.7. The predicted octanol–water partition coefficient (Wildman–Crippen LogP) is 8.22. The molecule has 3 heteroatoms. The number of unbranched alkanes of at least 4 members (excludes halogenated alkanes) is 12. The molecule has 0 heterocycles. The van der Waals surface area contributed by atoms with Crippen LogP contribution in [-0.2, 0) is 0 Å². The molecule has 0 amide bonds.